The molecule has 0 aliphatic heterocycles. The number of rotatable bonds is 19. The zero-order valence-electron chi connectivity index (χ0n) is 18.9. The van der Waals surface area contributed by atoms with E-state index in [4.69, 9.17) is 4.74 Å². The van der Waals surface area contributed by atoms with E-state index in [2.05, 4.69) is 24.4 Å². The molecule has 0 rings (SSSR count). The molecule has 0 radical (unpaired) electrons. The molecule has 0 aliphatic carbocycles. The molecule has 0 saturated heterocycles. The van der Waals surface area contributed by atoms with E-state index in [9.17, 15) is 9.90 Å². The highest BCUT2D eigenvalue weighted by molar-refractivity contribution is 5.67. The first-order chi connectivity index (χ1) is 13.6. The van der Waals surface area contributed by atoms with E-state index in [0.717, 1.165) is 12.8 Å². The maximum absolute atomic E-state index is 11.6. The molecular formula is C24H47NO3. The SMILES string of the molecule is CCCCCCCC/C=C/CCCCCCCCOC(=O)NC(CO)C(C)C. The minimum atomic E-state index is -0.416. The van der Waals surface area contributed by atoms with Crippen LogP contribution in [0.5, 0.6) is 0 Å². The van der Waals surface area contributed by atoms with Gasteiger partial charge in [0.15, 0.2) is 0 Å². The van der Waals surface area contributed by atoms with E-state index >= 15 is 0 Å². The minimum Gasteiger partial charge on any atom is -0.450 e. The van der Waals surface area contributed by atoms with Gasteiger partial charge in [0.2, 0.25) is 0 Å². The molecule has 0 spiro atoms. The molecule has 2 N–H and O–H groups in total. The number of carbonyl (C=O) groups is 1. The van der Waals surface area contributed by atoms with Crippen LogP contribution in [0.25, 0.3) is 0 Å². The molecule has 0 aromatic rings. The van der Waals surface area contributed by atoms with Gasteiger partial charge in [-0.3, -0.25) is 0 Å². The second-order valence-corrected chi connectivity index (χ2v) is 8.25. The lowest BCUT2D eigenvalue weighted by atomic mass is 10.1. The predicted molar refractivity (Wildman–Crippen MR) is 120 cm³/mol. The number of nitrogens with one attached hydrogen (secondary N) is 1. The third kappa shape index (κ3) is 18.3. The average molecular weight is 398 g/mol. The van der Waals surface area contributed by atoms with Crippen LogP contribution < -0.4 is 5.32 Å². The standard InChI is InChI=1S/C24H47NO3/c1-4-5-6-7-8-9-10-11-12-13-14-15-16-17-18-19-20-28-24(27)25-23(21-26)22(2)3/h11-12,22-23,26H,4-10,13-21H2,1-3H3,(H,25,27)/b12-11+. The normalized spacial score (nSPS) is 12.6. The van der Waals surface area contributed by atoms with Gasteiger partial charge in [0.1, 0.15) is 0 Å². The highest BCUT2D eigenvalue weighted by Gasteiger charge is 2.15. The van der Waals surface area contributed by atoms with E-state index in [-0.39, 0.29) is 18.6 Å². The van der Waals surface area contributed by atoms with Gasteiger partial charge in [-0.05, 0) is 38.0 Å². The van der Waals surface area contributed by atoms with Crippen molar-refractivity contribution in [1.29, 1.82) is 0 Å². The summed E-state index contributed by atoms with van der Waals surface area (Å²) in [5.41, 5.74) is 0. The maximum atomic E-state index is 11.6. The summed E-state index contributed by atoms with van der Waals surface area (Å²) in [6.45, 7) is 6.60. The van der Waals surface area contributed by atoms with Crippen molar-refractivity contribution < 1.29 is 14.6 Å². The molecule has 1 amide bonds. The number of amides is 1. The van der Waals surface area contributed by atoms with Gasteiger partial charge >= 0.3 is 6.09 Å². The van der Waals surface area contributed by atoms with Crippen molar-refractivity contribution in [3.63, 3.8) is 0 Å². The lowest BCUT2D eigenvalue weighted by molar-refractivity contribution is 0.127. The van der Waals surface area contributed by atoms with Gasteiger partial charge in [0, 0.05) is 0 Å². The van der Waals surface area contributed by atoms with E-state index in [1.54, 1.807) is 0 Å². The van der Waals surface area contributed by atoms with Crippen molar-refractivity contribution in [2.24, 2.45) is 5.92 Å². The Morgan fingerprint density at radius 2 is 1.36 bits per heavy atom. The zero-order chi connectivity index (χ0) is 20.9. The molecule has 4 heteroatoms. The third-order valence-corrected chi connectivity index (χ3v) is 5.19. The van der Waals surface area contributed by atoms with Crippen molar-refractivity contribution in [2.75, 3.05) is 13.2 Å². The van der Waals surface area contributed by atoms with Crippen molar-refractivity contribution in [1.82, 2.24) is 5.32 Å². The van der Waals surface area contributed by atoms with Crippen LogP contribution in [0.15, 0.2) is 12.2 Å². The molecule has 0 aromatic heterocycles. The molecule has 0 saturated carbocycles. The van der Waals surface area contributed by atoms with Gasteiger partial charge in [-0.15, -0.1) is 0 Å². The number of aliphatic hydroxyl groups is 1. The van der Waals surface area contributed by atoms with Crippen molar-refractivity contribution in [3.05, 3.63) is 12.2 Å². The van der Waals surface area contributed by atoms with Crippen LogP contribution in [-0.4, -0.2) is 30.5 Å². The molecule has 0 fully saturated rings. The monoisotopic (exact) mass is 397 g/mol. The number of alkyl carbamates (subject to hydrolysis) is 1. The topological polar surface area (TPSA) is 58.6 Å². The Labute approximate surface area is 174 Å². The smallest absolute Gasteiger partial charge is 0.407 e. The van der Waals surface area contributed by atoms with E-state index in [1.165, 1.54) is 77.0 Å². The molecule has 1 atom stereocenters. The molecule has 0 heterocycles. The minimum absolute atomic E-state index is 0.0546. The van der Waals surface area contributed by atoms with Crippen LogP contribution in [0.3, 0.4) is 0 Å². The van der Waals surface area contributed by atoms with E-state index < -0.39 is 6.09 Å². The molecule has 0 bridgehead atoms. The second kappa shape index (κ2) is 20.7. The summed E-state index contributed by atoms with van der Waals surface area (Å²) < 4.78 is 5.17. The Morgan fingerprint density at radius 3 is 1.86 bits per heavy atom. The number of allylic oxidation sites excluding steroid dienone is 2. The summed E-state index contributed by atoms with van der Waals surface area (Å²) in [4.78, 5) is 11.6. The largest absolute Gasteiger partial charge is 0.450 e. The first kappa shape index (κ1) is 27.0. The van der Waals surface area contributed by atoms with Gasteiger partial charge in [-0.1, -0.05) is 90.7 Å². The molecule has 28 heavy (non-hydrogen) atoms. The molecular weight excluding hydrogens is 350 g/mol. The number of unbranched alkanes of at least 4 members (excludes halogenated alkanes) is 12. The van der Waals surface area contributed by atoms with Crippen LogP contribution in [0.1, 0.15) is 111 Å². The fraction of sp³-hybridized carbons (Fsp3) is 0.875. The number of hydrogen-bond acceptors (Lipinski definition) is 3. The molecule has 0 aromatic carbocycles. The Balaban J connectivity index is 3.31. The summed E-state index contributed by atoms with van der Waals surface area (Å²) >= 11 is 0. The van der Waals surface area contributed by atoms with Crippen LogP contribution in [0.2, 0.25) is 0 Å². The van der Waals surface area contributed by atoms with Gasteiger partial charge < -0.3 is 15.2 Å². The second-order valence-electron chi connectivity index (χ2n) is 8.25. The highest BCUT2D eigenvalue weighted by Crippen LogP contribution is 2.10. The molecule has 166 valence electrons. The average Bonchev–Trinajstić information content (AvgIpc) is 2.68. The van der Waals surface area contributed by atoms with E-state index in [0.29, 0.717) is 6.61 Å². The number of carbonyl (C=O) groups excluding carboxylic acids is 1. The molecule has 0 aliphatic rings. The van der Waals surface area contributed by atoms with Crippen LogP contribution in [0, 0.1) is 5.92 Å². The van der Waals surface area contributed by atoms with Crippen LogP contribution >= 0.6 is 0 Å². The Bertz CT molecular complexity index is 369. The summed E-state index contributed by atoms with van der Waals surface area (Å²) in [5, 5.41) is 11.9. The highest BCUT2D eigenvalue weighted by atomic mass is 16.5. The van der Waals surface area contributed by atoms with Crippen LogP contribution in [-0.2, 0) is 4.74 Å². The van der Waals surface area contributed by atoms with Crippen molar-refractivity contribution in [3.8, 4) is 0 Å². The van der Waals surface area contributed by atoms with Crippen molar-refractivity contribution >= 4 is 6.09 Å². The lowest BCUT2D eigenvalue weighted by Gasteiger charge is -2.19. The fourth-order valence-electron chi connectivity index (χ4n) is 3.13. The summed E-state index contributed by atoms with van der Waals surface area (Å²) in [6, 6.07) is -0.229. The third-order valence-electron chi connectivity index (χ3n) is 5.19. The predicted octanol–water partition coefficient (Wildman–Crippen LogP) is 6.77. The summed E-state index contributed by atoms with van der Waals surface area (Å²) in [7, 11) is 0. The molecule has 1 unspecified atom stereocenters. The van der Waals surface area contributed by atoms with Gasteiger partial charge in [0.25, 0.3) is 0 Å². The summed E-state index contributed by atoms with van der Waals surface area (Å²) in [5.74, 6) is 0.197. The van der Waals surface area contributed by atoms with E-state index in [1.807, 2.05) is 13.8 Å². The van der Waals surface area contributed by atoms with Crippen LogP contribution in [0.4, 0.5) is 4.79 Å². The number of ether oxygens (including phenoxy) is 1. The fourth-order valence-corrected chi connectivity index (χ4v) is 3.13. The first-order valence-electron chi connectivity index (χ1n) is 11.8. The Kier molecular flexibility index (Phi) is 19.9. The van der Waals surface area contributed by atoms with Gasteiger partial charge in [-0.2, -0.15) is 0 Å². The first-order valence-corrected chi connectivity index (χ1v) is 11.8. The quantitative estimate of drug-likeness (QED) is 0.187. The van der Waals surface area contributed by atoms with Gasteiger partial charge in [-0.25, -0.2) is 4.79 Å². The molecule has 4 nitrogen and oxygen atoms in total. The number of aliphatic hydroxyl groups excluding tert-OH is 1. The summed E-state index contributed by atoms with van der Waals surface area (Å²) in [6.07, 6.45) is 22.1. The maximum Gasteiger partial charge on any atom is 0.407 e. The number of hydrogen-bond donors (Lipinski definition) is 2. The zero-order valence-corrected chi connectivity index (χ0v) is 18.9. The van der Waals surface area contributed by atoms with Crippen molar-refractivity contribution in [2.45, 2.75) is 117 Å². The van der Waals surface area contributed by atoms with Gasteiger partial charge in [0.05, 0.1) is 19.3 Å². The Hall–Kier alpha value is -1.03. The Morgan fingerprint density at radius 1 is 0.857 bits per heavy atom. The lowest BCUT2D eigenvalue weighted by Crippen LogP contribution is -2.41.